The van der Waals surface area contributed by atoms with E-state index >= 15 is 0 Å². The Morgan fingerprint density at radius 3 is 2.57 bits per heavy atom. The van der Waals surface area contributed by atoms with Gasteiger partial charge < -0.3 is 10.0 Å². The fraction of sp³-hybridized carbons (Fsp3) is 0.579. The van der Waals surface area contributed by atoms with E-state index in [0.717, 1.165) is 25.1 Å². The summed E-state index contributed by atoms with van der Waals surface area (Å²) in [6, 6.07) is 6.97. The summed E-state index contributed by atoms with van der Waals surface area (Å²) in [5.74, 6) is -0.747. The first-order chi connectivity index (χ1) is 11.1. The average Bonchev–Trinajstić information content (AvgIpc) is 2.97. The number of carboxylic acid groups (broad SMARTS) is 1. The summed E-state index contributed by atoms with van der Waals surface area (Å²) >= 11 is 0. The second kappa shape index (κ2) is 6.73. The minimum absolute atomic E-state index is 0.174. The van der Waals surface area contributed by atoms with Crippen LogP contribution in [0.2, 0.25) is 0 Å². The van der Waals surface area contributed by atoms with Gasteiger partial charge in [-0.2, -0.15) is 0 Å². The predicted octanol–water partition coefficient (Wildman–Crippen LogP) is 3.50. The topological polar surface area (TPSA) is 57.6 Å². The average molecular weight is 315 g/mol. The number of aryl methyl sites for hydroxylation is 1. The first-order valence-electron chi connectivity index (χ1n) is 8.69. The van der Waals surface area contributed by atoms with E-state index in [1.807, 2.05) is 17.0 Å². The lowest BCUT2D eigenvalue weighted by Crippen LogP contribution is -2.33. The van der Waals surface area contributed by atoms with Gasteiger partial charge in [0.2, 0.25) is 5.91 Å². The lowest BCUT2D eigenvalue weighted by molar-refractivity contribution is -0.130. The maximum absolute atomic E-state index is 12.5. The van der Waals surface area contributed by atoms with Gasteiger partial charge in [-0.15, -0.1) is 0 Å². The zero-order valence-corrected chi connectivity index (χ0v) is 13.6. The highest BCUT2D eigenvalue weighted by atomic mass is 16.4. The van der Waals surface area contributed by atoms with Crippen molar-refractivity contribution < 1.29 is 14.7 Å². The molecule has 1 aromatic carbocycles. The smallest absolute Gasteiger partial charge is 0.335 e. The molecule has 1 aromatic rings. The van der Waals surface area contributed by atoms with E-state index in [-0.39, 0.29) is 5.91 Å². The molecule has 4 heteroatoms. The van der Waals surface area contributed by atoms with Gasteiger partial charge in [-0.3, -0.25) is 4.79 Å². The van der Waals surface area contributed by atoms with Gasteiger partial charge >= 0.3 is 5.97 Å². The maximum atomic E-state index is 12.5. The molecule has 1 heterocycles. The van der Waals surface area contributed by atoms with Gasteiger partial charge in [-0.1, -0.05) is 37.5 Å². The number of rotatable bonds is 4. The van der Waals surface area contributed by atoms with Crippen LogP contribution < -0.4 is 0 Å². The van der Waals surface area contributed by atoms with Crippen LogP contribution in [0.4, 0.5) is 0 Å². The molecule has 2 aliphatic rings. The van der Waals surface area contributed by atoms with Crippen LogP contribution in [0.5, 0.6) is 0 Å². The van der Waals surface area contributed by atoms with Gasteiger partial charge in [0.15, 0.2) is 0 Å². The summed E-state index contributed by atoms with van der Waals surface area (Å²) in [5, 5.41) is 9.21. The second-order valence-electron chi connectivity index (χ2n) is 7.09. The van der Waals surface area contributed by atoms with Crippen LogP contribution in [-0.2, 0) is 11.2 Å². The number of likely N-dealkylation sites (tertiary alicyclic amines) is 1. The zero-order chi connectivity index (χ0) is 16.3. The van der Waals surface area contributed by atoms with Gasteiger partial charge in [-0.05, 0) is 42.7 Å². The summed E-state index contributed by atoms with van der Waals surface area (Å²) in [6.07, 6.45) is 8.51. The molecular formula is C19H25NO3. The highest BCUT2D eigenvalue weighted by Crippen LogP contribution is 2.43. The number of benzene rings is 1. The Morgan fingerprint density at radius 1 is 1.09 bits per heavy atom. The summed E-state index contributed by atoms with van der Waals surface area (Å²) in [5.41, 5.74) is 1.44. The van der Waals surface area contributed by atoms with Crippen molar-refractivity contribution in [3.63, 3.8) is 0 Å². The third-order valence-corrected chi connectivity index (χ3v) is 5.56. The van der Waals surface area contributed by atoms with Crippen LogP contribution in [0.3, 0.4) is 0 Å². The number of carboxylic acids is 1. The van der Waals surface area contributed by atoms with Crippen molar-refractivity contribution in [1.29, 1.82) is 0 Å². The summed E-state index contributed by atoms with van der Waals surface area (Å²) < 4.78 is 0. The first kappa shape index (κ1) is 16.0. The Hall–Kier alpha value is -1.84. The molecule has 3 rings (SSSR count). The number of aromatic carboxylic acids is 1. The molecule has 2 fully saturated rings. The number of hydrogen-bond acceptors (Lipinski definition) is 2. The Balaban J connectivity index is 1.57. The van der Waals surface area contributed by atoms with Crippen LogP contribution in [-0.4, -0.2) is 35.0 Å². The van der Waals surface area contributed by atoms with Crippen molar-refractivity contribution in [2.24, 2.45) is 5.41 Å². The van der Waals surface area contributed by atoms with Crippen molar-refractivity contribution in [2.75, 3.05) is 13.1 Å². The molecule has 1 saturated heterocycles. The standard InChI is InChI=1S/C19H25NO3/c21-17(9-8-15-6-2-3-7-16(15)18(22)23)20-13-12-19(14-20)10-4-1-5-11-19/h2-3,6-7H,1,4-5,8-14H2,(H,22,23). The van der Waals surface area contributed by atoms with Crippen molar-refractivity contribution in [3.8, 4) is 0 Å². The molecule has 0 aromatic heterocycles. The van der Waals surface area contributed by atoms with E-state index in [1.54, 1.807) is 12.1 Å². The van der Waals surface area contributed by atoms with Gasteiger partial charge in [0.25, 0.3) is 0 Å². The zero-order valence-electron chi connectivity index (χ0n) is 13.6. The van der Waals surface area contributed by atoms with Crippen molar-refractivity contribution in [1.82, 2.24) is 4.90 Å². The quantitative estimate of drug-likeness (QED) is 0.925. The lowest BCUT2D eigenvalue weighted by Gasteiger charge is -2.33. The van der Waals surface area contributed by atoms with Gasteiger partial charge in [0, 0.05) is 19.5 Å². The molecule has 1 amide bonds. The first-order valence-corrected chi connectivity index (χ1v) is 8.69. The van der Waals surface area contributed by atoms with E-state index in [9.17, 15) is 14.7 Å². The number of nitrogens with zero attached hydrogens (tertiary/aromatic N) is 1. The molecule has 0 unspecified atom stereocenters. The summed E-state index contributed by atoms with van der Waals surface area (Å²) in [4.78, 5) is 25.7. The highest BCUT2D eigenvalue weighted by Gasteiger charge is 2.40. The Morgan fingerprint density at radius 2 is 1.83 bits per heavy atom. The normalized spacial score (nSPS) is 19.9. The molecule has 1 aliphatic heterocycles. The monoisotopic (exact) mass is 315 g/mol. The van der Waals surface area contributed by atoms with Crippen LogP contribution in [0.15, 0.2) is 24.3 Å². The Labute approximate surface area is 137 Å². The van der Waals surface area contributed by atoms with Crippen molar-refractivity contribution in [3.05, 3.63) is 35.4 Å². The summed E-state index contributed by atoms with van der Waals surface area (Å²) in [7, 11) is 0. The molecule has 1 spiro atoms. The minimum Gasteiger partial charge on any atom is -0.478 e. The predicted molar refractivity (Wildman–Crippen MR) is 88.4 cm³/mol. The number of amides is 1. The highest BCUT2D eigenvalue weighted by molar-refractivity contribution is 5.89. The van der Waals surface area contributed by atoms with Gasteiger partial charge in [0.1, 0.15) is 0 Å². The van der Waals surface area contributed by atoms with Gasteiger partial charge in [0.05, 0.1) is 5.56 Å². The molecule has 1 aliphatic carbocycles. The number of carbonyl (C=O) groups is 2. The van der Waals surface area contributed by atoms with E-state index < -0.39 is 5.97 Å². The van der Waals surface area contributed by atoms with Crippen LogP contribution in [0, 0.1) is 5.41 Å². The molecule has 0 atom stereocenters. The van der Waals surface area contributed by atoms with Crippen molar-refractivity contribution >= 4 is 11.9 Å². The van der Waals surface area contributed by atoms with Crippen LogP contribution in [0.25, 0.3) is 0 Å². The largest absolute Gasteiger partial charge is 0.478 e. The molecular weight excluding hydrogens is 290 g/mol. The fourth-order valence-corrected chi connectivity index (χ4v) is 4.20. The second-order valence-corrected chi connectivity index (χ2v) is 7.09. The molecule has 0 bridgehead atoms. The lowest BCUT2D eigenvalue weighted by atomic mass is 9.73. The number of hydrogen-bond donors (Lipinski definition) is 1. The molecule has 4 nitrogen and oxygen atoms in total. The SMILES string of the molecule is O=C(O)c1ccccc1CCC(=O)N1CCC2(CCCCC2)C1. The Bertz CT molecular complexity index is 590. The molecule has 1 saturated carbocycles. The van der Waals surface area contributed by atoms with E-state index in [1.165, 1.54) is 32.1 Å². The minimum atomic E-state index is -0.921. The molecule has 1 N–H and O–H groups in total. The third kappa shape index (κ3) is 3.57. The maximum Gasteiger partial charge on any atom is 0.335 e. The summed E-state index contributed by atoms with van der Waals surface area (Å²) in [6.45, 7) is 1.78. The van der Waals surface area contributed by atoms with E-state index in [0.29, 0.717) is 23.8 Å². The van der Waals surface area contributed by atoms with E-state index in [2.05, 4.69) is 0 Å². The van der Waals surface area contributed by atoms with Gasteiger partial charge in [-0.25, -0.2) is 4.79 Å². The molecule has 23 heavy (non-hydrogen) atoms. The number of carbonyl (C=O) groups excluding carboxylic acids is 1. The van der Waals surface area contributed by atoms with E-state index in [4.69, 9.17) is 0 Å². The fourth-order valence-electron chi connectivity index (χ4n) is 4.20. The molecule has 0 radical (unpaired) electrons. The van der Waals surface area contributed by atoms with Crippen LogP contribution in [0.1, 0.15) is 60.9 Å². The van der Waals surface area contributed by atoms with Crippen LogP contribution >= 0.6 is 0 Å². The molecule has 124 valence electrons. The Kier molecular flexibility index (Phi) is 4.69. The third-order valence-electron chi connectivity index (χ3n) is 5.56. The van der Waals surface area contributed by atoms with Crippen molar-refractivity contribution in [2.45, 2.75) is 51.4 Å².